The maximum Gasteiger partial charge on any atom is 0.451 e. The van der Waals surface area contributed by atoms with Crippen molar-refractivity contribution in [2.45, 2.75) is 23.4 Å². The predicted molar refractivity (Wildman–Crippen MR) is 84.7 cm³/mol. The monoisotopic (exact) mass is 359 g/mol. The van der Waals surface area contributed by atoms with Crippen LogP contribution in [-0.4, -0.2) is 41.4 Å². The van der Waals surface area contributed by atoms with Crippen LogP contribution in [0.1, 0.15) is 12.7 Å². The Balaban J connectivity index is 2.28. The lowest BCUT2D eigenvalue weighted by molar-refractivity contribution is -0.145. The minimum atomic E-state index is -4.65. The Morgan fingerprint density at radius 1 is 1.33 bits per heavy atom. The van der Waals surface area contributed by atoms with Crippen LogP contribution in [0.25, 0.3) is 10.9 Å². The van der Waals surface area contributed by atoms with Crippen molar-refractivity contribution in [1.82, 2.24) is 15.3 Å². The lowest BCUT2D eigenvalue weighted by atomic mass is 10.2. The van der Waals surface area contributed by atoms with E-state index in [0.717, 1.165) is 11.8 Å². The van der Waals surface area contributed by atoms with Gasteiger partial charge in [0.1, 0.15) is 5.03 Å². The topological polar surface area (TPSA) is 64.1 Å². The van der Waals surface area contributed by atoms with Crippen LogP contribution in [0.2, 0.25) is 0 Å². The number of amides is 1. The highest BCUT2D eigenvalue weighted by molar-refractivity contribution is 8.00. The summed E-state index contributed by atoms with van der Waals surface area (Å²) in [7, 11) is 1.51. The third-order valence-electron chi connectivity index (χ3n) is 3.08. The zero-order chi connectivity index (χ0) is 17.7. The number of halogens is 3. The normalized spacial score (nSPS) is 13.0. The molecule has 5 nitrogen and oxygen atoms in total. The second kappa shape index (κ2) is 7.80. The smallest absolute Gasteiger partial charge is 0.383 e. The molecule has 1 amide bonds. The van der Waals surface area contributed by atoms with Crippen LogP contribution in [0.4, 0.5) is 13.2 Å². The van der Waals surface area contributed by atoms with E-state index in [1.165, 1.54) is 13.2 Å². The van der Waals surface area contributed by atoms with Crippen LogP contribution in [0.5, 0.6) is 0 Å². The summed E-state index contributed by atoms with van der Waals surface area (Å²) in [5, 5.41) is 2.64. The van der Waals surface area contributed by atoms with Crippen LogP contribution in [0.15, 0.2) is 29.3 Å². The van der Waals surface area contributed by atoms with Gasteiger partial charge in [-0.3, -0.25) is 4.79 Å². The summed E-state index contributed by atoms with van der Waals surface area (Å²) in [6.45, 7) is 2.30. The molecule has 2 rings (SSSR count). The van der Waals surface area contributed by atoms with Gasteiger partial charge in [0.15, 0.2) is 0 Å². The fourth-order valence-electron chi connectivity index (χ4n) is 1.91. The van der Waals surface area contributed by atoms with Gasteiger partial charge in [-0.05, 0) is 13.0 Å². The number of benzene rings is 1. The molecule has 1 heterocycles. The zero-order valence-electron chi connectivity index (χ0n) is 13.1. The molecule has 9 heteroatoms. The van der Waals surface area contributed by atoms with Crippen molar-refractivity contribution < 1.29 is 22.7 Å². The van der Waals surface area contributed by atoms with E-state index in [2.05, 4.69) is 15.3 Å². The van der Waals surface area contributed by atoms with Crippen molar-refractivity contribution in [3.8, 4) is 0 Å². The van der Waals surface area contributed by atoms with Crippen LogP contribution >= 0.6 is 11.8 Å². The van der Waals surface area contributed by atoms with Crippen LogP contribution < -0.4 is 5.32 Å². The molecule has 2 aromatic rings. The Labute approximate surface area is 141 Å². The van der Waals surface area contributed by atoms with E-state index in [9.17, 15) is 18.0 Å². The molecule has 0 bridgehead atoms. The molecule has 130 valence electrons. The van der Waals surface area contributed by atoms with Crippen molar-refractivity contribution in [3.05, 3.63) is 30.1 Å². The molecule has 0 aliphatic rings. The number of rotatable bonds is 6. The highest BCUT2D eigenvalue weighted by Crippen LogP contribution is 2.33. The fraction of sp³-hybridized carbons (Fsp3) is 0.400. The molecule has 0 unspecified atom stereocenters. The first kappa shape index (κ1) is 18.5. The van der Waals surface area contributed by atoms with E-state index >= 15 is 0 Å². The first-order chi connectivity index (χ1) is 11.3. The first-order valence-electron chi connectivity index (χ1n) is 7.10. The number of hydrogen-bond acceptors (Lipinski definition) is 5. The van der Waals surface area contributed by atoms with E-state index in [0.29, 0.717) is 18.5 Å². The number of ether oxygens (including phenoxy) is 1. The highest BCUT2D eigenvalue weighted by atomic mass is 32.2. The average Bonchev–Trinajstić information content (AvgIpc) is 2.54. The van der Waals surface area contributed by atoms with Gasteiger partial charge in [0.2, 0.25) is 11.7 Å². The van der Waals surface area contributed by atoms with E-state index in [1.54, 1.807) is 25.1 Å². The number of thioether (sulfide) groups is 1. The highest BCUT2D eigenvalue weighted by Gasteiger charge is 2.35. The quantitative estimate of drug-likeness (QED) is 0.488. The molecule has 0 spiro atoms. The van der Waals surface area contributed by atoms with Gasteiger partial charge in [-0.15, -0.1) is 0 Å². The summed E-state index contributed by atoms with van der Waals surface area (Å²) >= 11 is 0.966. The average molecular weight is 359 g/mol. The number of carbonyl (C=O) groups is 1. The van der Waals surface area contributed by atoms with Gasteiger partial charge >= 0.3 is 6.18 Å². The van der Waals surface area contributed by atoms with Crippen molar-refractivity contribution in [2.24, 2.45) is 0 Å². The molecule has 0 saturated heterocycles. The number of hydrogen-bond donors (Lipinski definition) is 1. The Kier molecular flexibility index (Phi) is 6.00. The van der Waals surface area contributed by atoms with E-state index in [1.807, 2.05) is 0 Å². The molecule has 1 aromatic heterocycles. The zero-order valence-corrected chi connectivity index (χ0v) is 13.9. The number of nitrogens with zero attached hydrogens (tertiary/aromatic N) is 2. The fourth-order valence-corrected chi connectivity index (χ4v) is 2.87. The van der Waals surface area contributed by atoms with Gasteiger partial charge in [0.25, 0.3) is 0 Å². The Bertz CT molecular complexity index is 725. The van der Waals surface area contributed by atoms with E-state index in [4.69, 9.17) is 4.74 Å². The molecule has 0 radical (unpaired) electrons. The molecule has 0 aliphatic carbocycles. The van der Waals surface area contributed by atoms with E-state index < -0.39 is 17.3 Å². The van der Waals surface area contributed by atoms with Gasteiger partial charge in [-0.25, -0.2) is 9.97 Å². The minimum Gasteiger partial charge on any atom is -0.383 e. The molecule has 0 saturated carbocycles. The Hall–Kier alpha value is -1.87. The van der Waals surface area contributed by atoms with Gasteiger partial charge in [-0.1, -0.05) is 30.0 Å². The van der Waals surface area contributed by atoms with Gasteiger partial charge in [-0.2, -0.15) is 13.2 Å². The maximum absolute atomic E-state index is 13.0. The summed E-state index contributed by atoms with van der Waals surface area (Å²) < 4.78 is 43.7. The minimum absolute atomic E-state index is 0.127. The summed E-state index contributed by atoms with van der Waals surface area (Å²) in [6, 6.07) is 6.41. The van der Waals surface area contributed by atoms with Crippen LogP contribution in [0, 0.1) is 0 Å². The number of methoxy groups -OCH3 is 1. The Morgan fingerprint density at radius 3 is 2.71 bits per heavy atom. The third kappa shape index (κ3) is 4.57. The lowest BCUT2D eigenvalue weighted by Gasteiger charge is -2.14. The number of para-hydroxylation sites is 1. The predicted octanol–water partition coefficient (Wildman–Crippen LogP) is 2.89. The van der Waals surface area contributed by atoms with Crippen LogP contribution in [0.3, 0.4) is 0 Å². The molecule has 24 heavy (non-hydrogen) atoms. The molecule has 0 aliphatic heterocycles. The summed E-state index contributed by atoms with van der Waals surface area (Å²) in [5.41, 5.74) is 0.189. The molecule has 1 aromatic carbocycles. The summed E-state index contributed by atoms with van der Waals surface area (Å²) in [6.07, 6.45) is -4.65. The van der Waals surface area contributed by atoms with Gasteiger partial charge in [0.05, 0.1) is 17.4 Å². The SMILES string of the molecule is COCCNC(=O)[C@@H](C)Sc1nc(C(F)(F)F)nc2ccccc12. The Morgan fingerprint density at radius 2 is 2.04 bits per heavy atom. The molecular weight excluding hydrogens is 343 g/mol. The standard InChI is InChI=1S/C15H16F3N3O2S/c1-9(12(22)19-7-8-23-2)24-13-10-5-3-4-6-11(10)20-14(21-13)15(16,17)18/h3-6,9H,7-8H2,1-2H3,(H,19,22)/t9-/m1/s1. The van der Waals surface area contributed by atoms with Crippen molar-refractivity contribution >= 4 is 28.6 Å². The molecule has 0 fully saturated rings. The summed E-state index contributed by atoms with van der Waals surface area (Å²) in [4.78, 5) is 19.2. The maximum atomic E-state index is 13.0. The van der Waals surface area contributed by atoms with Gasteiger partial charge < -0.3 is 10.1 Å². The number of aromatic nitrogens is 2. The second-order valence-electron chi connectivity index (χ2n) is 4.91. The van der Waals surface area contributed by atoms with Crippen molar-refractivity contribution in [1.29, 1.82) is 0 Å². The van der Waals surface area contributed by atoms with Crippen molar-refractivity contribution in [3.63, 3.8) is 0 Å². The number of fused-ring (bicyclic) bond motifs is 1. The molecule has 1 atom stereocenters. The number of nitrogens with one attached hydrogen (secondary N) is 1. The first-order valence-corrected chi connectivity index (χ1v) is 7.98. The molecular formula is C15H16F3N3O2S. The van der Waals surface area contributed by atoms with E-state index in [-0.39, 0.29) is 16.4 Å². The van der Waals surface area contributed by atoms with Crippen molar-refractivity contribution in [2.75, 3.05) is 20.3 Å². The largest absolute Gasteiger partial charge is 0.451 e. The number of carbonyl (C=O) groups excluding carboxylic acids is 1. The third-order valence-corrected chi connectivity index (χ3v) is 4.19. The second-order valence-corrected chi connectivity index (χ2v) is 6.24. The van der Waals surface area contributed by atoms with Gasteiger partial charge in [0, 0.05) is 19.0 Å². The number of alkyl halides is 3. The lowest BCUT2D eigenvalue weighted by Crippen LogP contribution is -2.33. The molecule has 1 N–H and O–H groups in total. The summed E-state index contributed by atoms with van der Waals surface area (Å²) in [5.74, 6) is -1.51. The van der Waals surface area contributed by atoms with Crippen LogP contribution in [-0.2, 0) is 15.7 Å².